The summed E-state index contributed by atoms with van der Waals surface area (Å²) in [4.78, 5) is 14.4. The van der Waals surface area contributed by atoms with Crippen molar-refractivity contribution in [1.29, 1.82) is 0 Å². The summed E-state index contributed by atoms with van der Waals surface area (Å²) in [5.41, 5.74) is 6.37. The highest BCUT2D eigenvalue weighted by atomic mass is 127. The van der Waals surface area contributed by atoms with Gasteiger partial charge < -0.3 is 10.5 Å². The molecule has 0 spiro atoms. The van der Waals surface area contributed by atoms with Crippen molar-refractivity contribution in [2.24, 2.45) is 5.73 Å². The van der Waals surface area contributed by atoms with Crippen LogP contribution in [0.2, 0.25) is 0 Å². The van der Waals surface area contributed by atoms with Crippen LogP contribution >= 0.6 is 22.6 Å². The van der Waals surface area contributed by atoms with Gasteiger partial charge in [-0.25, -0.2) is 8.78 Å². The molecule has 1 unspecified atom stereocenters. The molecule has 2 aromatic rings. The number of amides is 1. The van der Waals surface area contributed by atoms with Gasteiger partial charge >= 0.3 is 0 Å². The Morgan fingerprint density at radius 3 is 2.75 bits per heavy atom. The molecular formula is C21H23F2IN2O2. The maximum absolute atomic E-state index is 14.3. The van der Waals surface area contributed by atoms with Gasteiger partial charge in [0.05, 0.1) is 5.56 Å². The maximum Gasteiger partial charge on any atom is 0.252 e. The SMILES string of the molecule is CCN1CCCC1COc1cc(F)cc(Cc2ccc(I)cc2F)c1C(N)=O. The molecule has 0 radical (unpaired) electrons. The summed E-state index contributed by atoms with van der Waals surface area (Å²) >= 11 is 2.02. The Morgan fingerprint density at radius 2 is 2.07 bits per heavy atom. The van der Waals surface area contributed by atoms with E-state index in [0.717, 1.165) is 29.5 Å². The van der Waals surface area contributed by atoms with Crippen molar-refractivity contribution < 1.29 is 18.3 Å². The molecule has 4 nitrogen and oxygen atoms in total. The van der Waals surface area contributed by atoms with E-state index in [1.807, 2.05) is 22.6 Å². The molecule has 150 valence electrons. The van der Waals surface area contributed by atoms with Crippen LogP contribution < -0.4 is 10.5 Å². The Hall–Kier alpha value is -1.74. The maximum atomic E-state index is 14.3. The average Bonchev–Trinajstić information content (AvgIpc) is 3.09. The van der Waals surface area contributed by atoms with Gasteiger partial charge in [-0.3, -0.25) is 9.69 Å². The van der Waals surface area contributed by atoms with Crippen LogP contribution in [0.3, 0.4) is 0 Å². The summed E-state index contributed by atoms with van der Waals surface area (Å²) < 4.78 is 35.1. The highest BCUT2D eigenvalue weighted by Crippen LogP contribution is 2.28. The van der Waals surface area contributed by atoms with E-state index >= 15 is 0 Å². The van der Waals surface area contributed by atoms with Crippen molar-refractivity contribution in [3.8, 4) is 5.75 Å². The third-order valence-electron chi connectivity index (χ3n) is 5.13. The zero-order valence-electron chi connectivity index (χ0n) is 15.7. The third-order valence-corrected chi connectivity index (χ3v) is 5.80. The Morgan fingerprint density at radius 1 is 1.29 bits per heavy atom. The van der Waals surface area contributed by atoms with Crippen molar-refractivity contribution in [1.82, 2.24) is 4.90 Å². The number of nitrogens with zero attached hydrogens (tertiary/aromatic N) is 1. The van der Waals surface area contributed by atoms with Crippen molar-refractivity contribution >= 4 is 28.5 Å². The molecule has 1 aliphatic rings. The fourth-order valence-electron chi connectivity index (χ4n) is 3.73. The molecule has 7 heteroatoms. The second-order valence-corrected chi connectivity index (χ2v) is 8.20. The Labute approximate surface area is 177 Å². The number of likely N-dealkylation sites (tertiary alicyclic amines) is 1. The number of carbonyl (C=O) groups is 1. The number of likely N-dealkylation sites (N-methyl/N-ethyl adjacent to an activating group) is 1. The zero-order chi connectivity index (χ0) is 20.3. The van der Waals surface area contributed by atoms with Gasteiger partial charge in [0.2, 0.25) is 0 Å². The number of halogens is 3. The first-order chi connectivity index (χ1) is 13.4. The van der Waals surface area contributed by atoms with Crippen LogP contribution in [-0.2, 0) is 6.42 Å². The minimum absolute atomic E-state index is 0.0552. The molecule has 1 saturated heterocycles. The van der Waals surface area contributed by atoms with Crippen LogP contribution in [0, 0.1) is 15.2 Å². The lowest BCUT2D eigenvalue weighted by Gasteiger charge is -2.23. The molecule has 1 aliphatic heterocycles. The van der Waals surface area contributed by atoms with Gasteiger partial charge in [0.1, 0.15) is 24.0 Å². The molecule has 0 aromatic heterocycles. The predicted octanol–water partition coefficient (Wildman–Crippen LogP) is 4.12. The molecule has 2 aromatic carbocycles. The minimum Gasteiger partial charge on any atom is -0.491 e. The number of ether oxygens (including phenoxy) is 1. The third kappa shape index (κ3) is 4.81. The van der Waals surface area contributed by atoms with E-state index in [1.54, 1.807) is 12.1 Å². The van der Waals surface area contributed by atoms with E-state index in [9.17, 15) is 13.6 Å². The Kier molecular flexibility index (Phi) is 6.87. The van der Waals surface area contributed by atoms with Crippen LogP contribution in [0.15, 0.2) is 30.3 Å². The van der Waals surface area contributed by atoms with E-state index in [0.29, 0.717) is 17.7 Å². The van der Waals surface area contributed by atoms with Crippen LogP contribution in [0.4, 0.5) is 8.78 Å². The van der Waals surface area contributed by atoms with Gasteiger partial charge in [0.15, 0.2) is 0 Å². The molecule has 28 heavy (non-hydrogen) atoms. The number of carbonyl (C=O) groups excluding carboxylic acids is 1. The lowest BCUT2D eigenvalue weighted by atomic mass is 9.98. The lowest BCUT2D eigenvalue weighted by molar-refractivity contribution is 0.0993. The smallest absolute Gasteiger partial charge is 0.252 e. The van der Waals surface area contributed by atoms with Gasteiger partial charge in [-0.2, -0.15) is 0 Å². The van der Waals surface area contributed by atoms with Gasteiger partial charge in [-0.1, -0.05) is 13.0 Å². The number of benzene rings is 2. The van der Waals surface area contributed by atoms with E-state index in [-0.39, 0.29) is 23.8 Å². The first kappa shape index (κ1) is 21.0. The van der Waals surface area contributed by atoms with Crippen LogP contribution in [-0.4, -0.2) is 36.5 Å². The predicted molar refractivity (Wildman–Crippen MR) is 113 cm³/mol. The zero-order valence-corrected chi connectivity index (χ0v) is 17.8. The van der Waals surface area contributed by atoms with Crippen molar-refractivity contribution in [3.63, 3.8) is 0 Å². The summed E-state index contributed by atoms with van der Waals surface area (Å²) in [6.07, 6.45) is 2.14. The number of rotatable bonds is 7. The minimum atomic E-state index is -0.713. The number of hydrogen-bond donors (Lipinski definition) is 1. The summed E-state index contributed by atoms with van der Waals surface area (Å²) in [6, 6.07) is 7.42. The second kappa shape index (κ2) is 9.17. The highest BCUT2D eigenvalue weighted by molar-refractivity contribution is 14.1. The first-order valence-corrected chi connectivity index (χ1v) is 10.4. The molecule has 0 bridgehead atoms. The van der Waals surface area contributed by atoms with Gasteiger partial charge in [0, 0.05) is 22.1 Å². The highest BCUT2D eigenvalue weighted by Gasteiger charge is 2.25. The molecule has 1 heterocycles. The van der Waals surface area contributed by atoms with Crippen molar-refractivity contribution in [2.45, 2.75) is 32.2 Å². The number of hydrogen-bond acceptors (Lipinski definition) is 3. The van der Waals surface area contributed by atoms with Crippen molar-refractivity contribution in [3.05, 3.63) is 62.2 Å². The van der Waals surface area contributed by atoms with E-state index in [1.165, 1.54) is 18.2 Å². The Bertz CT molecular complexity index is 876. The van der Waals surface area contributed by atoms with Crippen LogP contribution in [0.1, 0.15) is 41.3 Å². The average molecular weight is 500 g/mol. The molecule has 3 rings (SSSR count). The lowest BCUT2D eigenvalue weighted by Crippen LogP contribution is -2.34. The first-order valence-electron chi connectivity index (χ1n) is 9.32. The fourth-order valence-corrected chi connectivity index (χ4v) is 4.18. The second-order valence-electron chi connectivity index (χ2n) is 6.95. The van der Waals surface area contributed by atoms with Crippen LogP contribution in [0.5, 0.6) is 5.75 Å². The molecule has 1 fully saturated rings. The molecule has 0 saturated carbocycles. The Balaban J connectivity index is 1.89. The van der Waals surface area contributed by atoms with Crippen LogP contribution in [0.25, 0.3) is 0 Å². The summed E-state index contributed by atoms with van der Waals surface area (Å²) in [6.45, 7) is 4.36. The largest absolute Gasteiger partial charge is 0.491 e. The fraction of sp³-hybridized carbons (Fsp3) is 0.381. The van der Waals surface area contributed by atoms with E-state index < -0.39 is 17.5 Å². The molecule has 0 aliphatic carbocycles. The number of nitrogens with two attached hydrogens (primary N) is 1. The molecule has 1 amide bonds. The van der Waals surface area contributed by atoms with Crippen molar-refractivity contribution in [2.75, 3.05) is 19.7 Å². The van der Waals surface area contributed by atoms with E-state index in [2.05, 4.69) is 11.8 Å². The topological polar surface area (TPSA) is 55.6 Å². The number of primary amides is 1. The summed E-state index contributed by atoms with van der Waals surface area (Å²) in [7, 11) is 0. The monoisotopic (exact) mass is 500 g/mol. The van der Waals surface area contributed by atoms with E-state index in [4.69, 9.17) is 10.5 Å². The van der Waals surface area contributed by atoms with Gasteiger partial charge in [0.25, 0.3) is 5.91 Å². The normalized spacial score (nSPS) is 17.1. The summed E-state index contributed by atoms with van der Waals surface area (Å²) in [5.74, 6) is -1.54. The quantitative estimate of drug-likeness (QED) is 0.583. The summed E-state index contributed by atoms with van der Waals surface area (Å²) in [5, 5.41) is 0. The standard InChI is InChI=1S/C21H23F2IN2O2/c1-2-26-7-3-4-17(26)12-28-19-10-15(22)9-14(20(19)21(25)27)8-13-5-6-16(24)11-18(13)23/h5-6,9-11,17H,2-4,7-8,12H2,1H3,(H2,25,27). The molecule has 1 atom stereocenters. The molecule has 2 N–H and O–H groups in total. The van der Waals surface area contributed by atoms with Gasteiger partial charge in [-0.15, -0.1) is 0 Å². The van der Waals surface area contributed by atoms with Gasteiger partial charge in [-0.05, 0) is 77.8 Å². The molecular weight excluding hydrogens is 477 g/mol.